The molecular formula is C23H21ClN2O4. The number of rotatable bonds is 6. The van der Waals surface area contributed by atoms with Crippen molar-refractivity contribution in [3.63, 3.8) is 0 Å². The molecule has 2 heterocycles. The van der Waals surface area contributed by atoms with Crippen LogP contribution in [-0.2, 0) is 4.79 Å². The van der Waals surface area contributed by atoms with Gasteiger partial charge in [0.2, 0.25) is 5.78 Å². The Kier molecular flexibility index (Phi) is 5.37. The standard InChI is InChI=1S/C23H21ClN2O4/c1-25(2)11-12-26-20(14-7-9-16(24)10-8-14)19(22(28)23(26)29)21(27)18-13-15-5-3-4-6-17(15)30-18/h3-10,13,20,28H,11-12H2,1-2H3/t20-/m1/s1. The van der Waals surface area contributed by atoms with E-state index in [9.17, 15) is 14.7 Å². The minimum atomic E-state index is -0.726. The number of ketones is 1. The lowest BCUT2D eigenvalue weighted by Crippen LogP contribution is -2.36. The van der Waals surface area contributed by atoms with Gasteiger partial charge in [-0.3, -0.25) is 9.59 Å². The number of hydrogen-bond donors (Lipinski definition) is 1. The van der Waals surface area contributed by atoms with Crippen LogP contribution in [0.2, 0.25) is 5.02 Å². The van der Waals surface area contributed by atoms with Crippen molar-refractivity contribution >= 4 is 34.3 Å². The molecule has 4 rings (SSSR count). The third-order valence-electron chi connectivity index (χ3n) is 5.17. The van der Waals surface area contributed by atoms with E-state index in [-0.39, 0.29) is 11.3 Å². The van der Waals surface area contributed by atoms with Crippen molar-refractivity contribution in [3.05, 3.63) is 82.3 Å². The number of benzene rings is 2. The predicted molar refractivity (Wildman–Crippen MR) is 115 cm³/mol. The number of halogens is 1. The smallest absolute Gasteiger partial charge is 0.290 e. The summed E-state index contributed by atoms with van der Waals surface area (Å²) in [6, 6.07) is 15.1. The van der Waals surface area contributed by atoms with Crippen LogP contribution in [0.1, 0.15) is 22.2 Å². The molecular weight excluding hydrogens is 404 g/mol. The van der Waals surface area contributed by atoms with Crippen molar-refractivity contribution in [2.75, 3.05) is 27.2 Å². The first-order valence-electron chi connectivity index (χ1n) is 9.54. The molecule has 0 radical (unpaired) electrons. The van der Waals surface area contributed by atoms with E-state index in [1.54, 1.807) is 36.4 Å². The van der Waals surface area contributed by atoms with Crippen molar-refractivity contribution in [1.29, 1.82) is 0 Å². The zero-order valence-electron chi connectivity index (χ0n) is 16.6. The number of hydrogen-bond acceptors (Lipinski definition) is 5. The van der Waals surface area contributed by atoms with Crippen LogP contribution < -0.4 is 0 Å². The van der Waals surface area contributed by atoms with Crippen molar-refractivity contribution in [2.45, 2.75) is 6.04 Å². The molecule has 1 atom stereocenters. The molecule has 0 bridgehead atoms. The minimum absolute atomic E-state index is 0.0140. The van der Waals surface area contributed by atoms with E-state index in [1.165, 1.54) is 4.90 Å². The van der Waals surface area contributed by atoms with E-state index < -0.39 is 23.5 Å². The molecule has 2 aromatic carbocycles. The molecule has 0 saturated heterocycles. The summed E-state index contributed by atoms with van der Waals surface area (Å²) in [5.41, 5.74) is 1.27. The number of nitrogens with zero attached hydrogens (tertiary/aromatic N) is 2. The van der Waals surface area contributed by atoms with Crippen molar-refractivity contribution in [2.24, 2.45) is 0 Å². The third kappa shape index (κ3) is 3.60. The maximum atomic E-state index is 13.4. The predicted octanol–water partition coefficient (Wildman–Crippen LogP) is 4.23. The van der Waals surface area contributed by atoms with Gasteiger partial charge in [-0.2, -0.15) is 0 Å². The number of Topliss-reactive ketones (excluding diaryl/α,β-unsaturated/α-hetero) is 1. The fourth-order valence-electron chi connectivity index (χ4n) is 3.64. The highest BCUT2D eigenvalue weighted by molar-refractivity contribution is 6.30. The summed E-state index contributed by atoms with van der Waals surface area (Å²) in [6.07, 6.45) is 0. The van der Waals surface area contributed by atoms with Crippen LogP contribution in [0.3, 0.4) is 0 Å². The molecule has 0 aliphatic carbocycles. The normalized spacial score (nSPS) is 16.9. The highest BCUT2D eigenvalue weighted by Gasteiger charge is 2.44. The van der Waals surface area contributed by atoms with Crippen LogP contribution in [0, 0.1) is 0 Å². The molecule has 0 unspecified atom stereocenters. The Morgan fingerprint density at radius 3 is 2.53 bits per heavy atom. The van der Waals surface area contributed by atoms with E-state index in [0.29, 0.717) is 29.3 Å². The van der Waals surface area contributed by atoms with Crippen LogP contribution in [0.4, 0.5) is 0 Å². The summed E-state index contributed by atoms with van der Waals surface area (Å²) in [6.45, 7) is 0.926. The Morgan fingerprint density at radius 1 is 1.17 bits per heavy atom. The summed E-state index contributed by atoms with van der Waals surface area (Å²) in [4.78, 5) is 29.7. The maximum Gasteiger partial charge on any atom is 0.290 e. The monoisotopic (exact) mass is 424 g/mol. The van der Waals surface area contributed by atoms with Gasteiger partial charge in [0.15, 0.2) is 11.5 Å². The van der Waals surface area contributed by atoms with Gasteiger partial charge < -0.3 is 19.3 Å². The number of carbonyl (C=O) groups excluding carboxylic acids is 2. The number of furan rings is 1. The van der Waals surface area contributed by atoms with Gasteiger partial charge in [0, 0.05) is 23.5 Å². The Balaban J connectivity index is 1.78. The number of aliphatic hydroxyl groups is 1. The molecule has 0 spiro atoms. The molecule has 1 N–H and O–H groups in total. The molecule has 0 saturated carbocycles. The van der Waals surface area contributed by atoms with Crippen molar-refractivity contribution in [1.82, 2.24) is 9.80 Å². The second kappa shape index (κ2) is 7.97. The lowest BCUT2D eigenvalue weighted by molar-refractivity contribution is -0.129. The van der Waals surface area contributed by atoms with Crippen LogP contribution in [0.25, 0.3) is 11.0 Å². The Bertz CT molecular complexity index is 1110. The number of likely N-dealkylation sites (N-methyl/N-ethyl adjacent to an activating group) is 1. The molecule has 6 nitrogen and oxygen atoms in total. The molecule has 1 aliphatic heterocycles. The number of aliphatic hydroxyl groups excluding tert-OH is 1. The minimum Gasteiger partial charge on any atom is -0.503 e. The van der Waals surface area contributed by atoms with Crippen molar-refractivity contribution in [3.8, 4) is 0 Å². The van der Waals surface area contributed by atoms with Gasteiger partial charge in [-0.1, -0.05) is 41.9 Å². The number of fused-ring (bicyclic) bond motifs is 1. The Hall–Kier alpha value is -3.09. The highest BCUT2D eigenvalue weighted by atomic mass is 35.5. The van der Waals surface area contributed by atoms with Gasteiger partial charge in [0.1, 0.15) is 5.58 Å². The lowest BCUT2D eigenvalue weighted by atomic mass is 9.95. The number of carbonyl (C=O) groups is 2. The first kappa shape index (κ1) is 20.2. The molecule has 7 heteroatoms. The first-order valence-corrected chi connectivity index (χ1v) is 9.92. The van der Waals surface area contributed by atoms with Gasteiger partial charge in [-0.15, -0.1) is 0 Å². The molecule has 30 heavy (non-hydrogen) atoms. The van der Waals surface area contributed by atoms with Gasteiger partial charge in [-0.25, -0.2) is 0 Å². The fraction of sp³-hybridized carbons (Fsp3) is 0.217. The first-order chi connectivity index (χ1) is 14.4. The molecule has 1 amide bonds. The summed E-state index contributed by atoms with van der Waals surface area (Å²) in [7, 11) is 3.79. The molecule has 0 fully saturated rings. The lowest BCUT2D eigenvalue weighted by Gasteiger charge is -2.27. The van der Waals surface area contributed by atoms with Gasteiger partial charge in [0.05, 0.1) is 11.6 Å². The third-order valence-corrected chi connectivity index (χ3v) is 5.42. The molecule has 154 valence electrons. The van der Waals surface area contributed by atoms with Gasteiger partial charge in [0.25, 0.3) is 5.91 Å². The van der Waals surface area contributed by atoms with Crippen LogP contribution in [0.5, 0.6) is 0 Å². The van der Waals surface area contributed by atoms with E-state index >= 15 is 0 Å². The SMILES string of the molecule is CN(C)CCN1C(=O)C(O)=C(C(=O)c2cc3ccccc3o2)[C@H]1c1ccc(Cl)cc1. The van der Waals surface area contributed by atoms with E-state index in [1.807, 2.05) is 37.2 Å². The zero-order chi connectivity index (χ0) is 21.4. The average molecular weight is 425 g/mol. The quantitative estimate of drug-likeness (QED) is 0.599. The van der Waals surface area contributed by atoms with Crippen molar-refractivity contribution < 1.29 is 19.1 Å². The summed E-state index contributed by atoms with van der Waals surface area (Å²) >= 11 is 6.02. The molecule has 3 aromatic rings. The second-order valence-corrected chi connectivity index (χ2v) is 7.93. The molecule has 1 aromatic heterocycles. The Morgan fingerprint density at radius 2 is 1.87 bits per heavy atom. The second-order valence-electron chi connectivity index (χ2n) is 7.50. The topological polar surface area (TPSA) is 74.0 Å². The Labute approximate surface area is 178 Å². The van der Waals surface area contributed by atoms with Gasteiger partial charge >= 0.3 is 0 Å². The van der Waals surface area contributed by atoms with E-state index in [2.05, 4.69) is 0 Å². The van der Waals surface area contributed by atoms with E-state index in [4.69, 9.17) is 16.0 Å². The fourth-order valence-corrected chi connectivity index (χ4v) is 3.77. The largest absolute Gasteiger partial charge is 0.503 e. The number of amides is 1. The number of para-hydroxylation sites is 1. The summed E-state index contributed by atoms with van der Waals surface area (Å²) in [5.74, 6) is -1.54. The average Bonchev–Trinajstić information content (AvgIpc) is 3.26. The maximum absolute atomic E-state index is 13.4. The molecule has 1 aliphatic rings. The van der Waals surface area contributed by atoms with E-state index in [0.717, 1.165) is 5.39 Å². The van der Waals surface area contributed by atoms with Crippen LogP contribution in [-0.4, -0.2) is 53.8 Å². The zero-order valence-corrected chi connectivity index (χ0v) is 17.4. The highest BCUT2D eigenvalue weighted by Crippen LogP contribution is 2.39. The van der Waals surface area contributed by atoms with Crippen LogP contribution >= 0.6 is 11.6 Å². The van der Waals surface area contributed by atoms with Gasteiger partial charge in [-0.05, 0) is 43.9 Å². The summed E-state index contributed by atoms with van der Waals surface area (Å²) < 4.78 is 5.71. The summed E-state index contributed by atoms with van der Waals surface area (Å²) in [5, 5.41) is 12.0. The van der Waals surface area contributed by atoms with Crippen LogP contribution in [0.15, 0.2) is 70.3 Å².